The lowest BCUT2D eigenvalue weighted by molar-refractivity contribution is 0.260. The van der Waals surface area contributed by atoms with Gasteiger partial charge in [0.15, 0.2) is 11.5 Å². The fourth-order valence-corrected chi connectivity index (χ4v) is 2.12. The summed E-state index contributed by atoms with van der Waals surface area (Å²) in [5, 5.41) is 0. The number of hydrogen-bond acceptors (Lipinski definition) is 4. The minimum Gasteiger partial charge on any atom is -0.490 e. The normalized spacial score (nSPS) is 11.9. The Morgan fingerprint density at radius 2 is 1.52 bits per heavy atom. The smallest absolute Gasteiger partial charge is 0.203 e. The molecule has 1 atom stereocenters. The van der Waals surface area contributed by atoms with E-state index in [0.717, 1.165) is 17.6 Å². The molecule has 0 saturated carbocycles. The molecule has 0 amide bonds. The third kappa shape index (κ3) is 4.97. The topological polar surface area (TPSA) is 53.7 Å². The van der Waals surface area contributed by atoms with E-state index in [4.69, 9.17) is 19.9 Å². The molecule has 0 aliphatic rings. The van der Waals surface area contributed by atoms with Crippen molar-refractivity contribution in [1.29, 1.82) is 0 Å². The van der Waals surface area contributed by atoms with E-state index in [1.807, 2.05) is 39.8 Å². The Morgan fingerprint density at radius 3 is 1.90 bits per heavy atom. The highest BCUT2D eigenvalue weighted by Crippen LogP contribution is 2.40. The molecule has 0 saturated heterocycles. The molecule has 0 aliphatic carbocycles. The first kappa shape index (κ1) is 17.4. The van der Waals surface area contributed by atoms with Crippen LogP contribution in [0.5, 0.6) is 17.2 Å². The van der Waals surface area contributed by atoms with E-state index in [-0.39, 0.29) is 6.04 Å². The van der Waals surface area contributed by atoms with Crippen LogP contribution >= 0.6 is 0 Å². The Hall–Kier alpha value is -1.68. The number of ether oxygens (including phenoxy) is 3. The van der Waals surface area contributed by atoms with Gasteiger partial charge in [-0.25, -0.2) is 0 Å². The molecule has 0 aliphatic heterocycles. The fourth-order valence-electron chi connectivity index (χ4n) is 2.12. The Bertz CT molecular complexity index is 444. The molecule has 0 aromatic heterocycles. The summed E-state index contributed by atoms with van der Waals surface area (Å²) in [4.78, 5) is 0. The minimum atomic E-state index is -0.128. The predicted octanol–water partition coefficient (Wildman–Crippen LogP) is 3.85. The lowest BCUT2D eigenvalue weighted by Crippen LogP contribution is -2.12. The first-order valence-corrected chi connectivity index (χ1v) is 7.49. The lowest BCUT2D eigenvalue weighted by atomic mass is 10.0. The van der Waals surface area contributed by atoms with Gasteiger partial charge in [-0.1, -0.05) is 5.57 Å². The summed E-state index contributed by atoms with van der Waals surface area (Å²) in [6.45, 7) is 13.4. The maximum absolute atomic E-state index is 6.24. The van der Waals surface area contributed by atoms with Crippen molar-refractivity contribution in [2.45, 2.75) is 40.2 Å². The SMILES string of the molecule is C=C(C)CC(N)c1cc(OCC)c(OCC)c(OCC)c1. The van der Waals surface area contributed by atoms with Gasteiger partial charge in [-0.2, -0.15) is 0 Å². The molecule has 1 unspecified atom stereocenters. The third-order valence-corrected chi connectivity index (χ3v) is 2.93. The second-order valence-electron chi connectivity index (χ2n) is 4.91. The van der Waals surface area contributed by atoms with Crippen molar-refractivity contribution in [2.75, 3.05) is 19.8 Å². The standard InChI is InChI=1S/C17H27NO3/c1-6-19-15-10-13(14(18)9-12(4)5)11-16(20-7-2)17(15)21-8-3/h10-11,14H,4,6-9,18H2,1-3,5H3. The summed E-state index contributed by atoms with van der Waals surface area (Å²) >= 11 is 0. The van der Waals surface area contributed by atoms with E-state index in [2.05, 4.69) is 6.58 Å². The van der Waals surface area contributed by atoms with Crippen LogP contribution in [0.1, 0.15) is 45.7 Å². The molecule has 4 nitrogen and oxygen atoms in total. The van der Waals surface area contributed by atoms with Gasteiger partial charge >= 0.3 is 0 Å². The van der Waals surface area contributed by atoms with Gasteiger partial charge in [0.1, 0.15) is 0 Å². The third-order valence-electron chi connectivity index (χ3n) is 2.93. The molecule has 0 spiro atoms. The van der Waals surface area contributed by atoms with E-state index in [1.165, 1.54) is 0 Å². The predicted molar refractivity (Wildman–Crippen MR) is 86.3 cm³/mol. The summed E-state index contributed by atoms with van der Waals surface area (Å²) < 4.78 is 17.1. The molecule has 21 heavy (non-hydrogen) atoms. The van der Waals surface area contributed by atoms with Crippen LogP contribution in [0.4, 0.5) is 0 Å². The molecule has 0 bridgehead atoms. The van der Waals surface area contributed by atoms with Crippen LogP contribution in [-0.2, 0) is 0 Å². The van der Waals surface area contributed by atoms with Crippen molar-refractivity contribution in [3.8, 4) is 17.2 Å². The maximum atomic E-state index is 6.24. The van der Waals surface area contributed by atoms with E-state index in [0.29, 0.717) is 37.1 Å². The summed E-state index contributed by atoms with van der Waals surface area (Å²) in [6.07, 6.45) is 0.727. The molecule has 0 radical (unpaired) electrons. The van der Waals surface area contributed by atoms with E-state index < -0.39 is 0 Å². The second-order valence-corrected chi connectivity index (χ2v) is 4.91. The van der Waals surface area contributed by atoms with Crippen LogP contribution in [0.25, 0.3) is 0 Å². The fraction of sp³-hybridized carbons (Fsp3) is 0.529. The maximum Gasteiger partial charge on any atom is 0.203 e. The minimum absolute atomic E-state index is 0.128. The number of hydrogen-bond donors (Lipinski definition) is 1. The van der Waals surface area contributed by atoms with Crippen LogP contribution in [0, 0.1) is 0 Å². The monoisotopic (exact) mass is 293 g/mol. The quantitative estimate of drug-likeness (QED) is 0.703. The van der Waals surface area contributed by atoms with Gasteiger partial charge < -0.3 is 19.9 Å². The Balaban J connectivity index is 3.23. The van der Waals surface area contributed by atoms with Gasteiger partial charge in [0, 0.05) is 6.04 Å². The molecule has 1 rings (SSSR count). The van der Waals surface area contributed by atoms with Gasteiger partial charge in [0.2, 0.25) is 5.75 Å². The van der Waals surface area contributed by atoms with Crippen molar-refractivity contribution >= 4 is 0 Å². The summed E-state index contributed by atoms with van der Waals surface area (Å²) in [5.74, 6) is 2.00. The largest absolute Gasteiger partial charge is 0.490 e. The van der Waals surface area contributed by atoms with Crippen molar-refractivity contribution in [2.24, 2.45) is 5.73 Å². The Labute approximate surface area is 127 Å². The van der Waals surface area contributed by atoms with E-state index >= 15 is 0 Å². The van der Waals surface area contributed by atoms with Gasteiger partial charge in [0.05, 0.1) is 19.8 Å². The molecule has 2 N–H and O–H groups in total. The highest BCUT2D eigenvalue weighted by molar-refractivity contribution is 5.54. The van der Waals surface area contributed by atoms with E-state index in [1.54, 1.807) is 0 Å². The Morgan fingerprint density at radius 1 is 1.05 bits per heavy atom. The van der Waals surface area contributed by atoms with Crippen LogP contribution in [0.15, 0.2) is 24.3 Å². The molecule has 1 aromatic rings. The van der Waals surface area contributed by atoms with Gasteiger partial charge in [-0.15, -0.1) is 6.58 Å². The molecule has 1 aromatic carbocycles. The number of nitrogens with two attached hydrogens (primary N) is 1. The second kappa shape index (κ2) is 8.57. The Kier molecular flexibility index (Phi) is 7.09. The van der Waals surface area contributed by atoms with Crippen LogP contribution < -0.4 is 19.9 Å². The molecule has 0 heterocycles. The van der Waals surface area contributed by atoms with Gasteiger partial charge in [0.25, 0.3) is 0 Å². The van der Waals surface area contributed by atoms with Crippen molar-refractivity contribution in [1.82, 2.24) is 0 Å². The highest BCUT2D eigenvalue weighted by atomic mass is 16.5. The zero-order chi connectivity index (χ0) is 15.8. The van der Waals surface area contributed by atoms with Crippen LogP contribution in [0.2, 0.25) is 0 Å². The number of benzene rings is 1. The van der Waals surface area contributed by atoms with Gasteiger partial charge in [-0.05, 0) is 51.8 Å². The lowest BCUT2D eigenvalue weighted by Gasteiger charge is -2.19. The van der Waals surface area contributed by atoms with Crippen molar-refractivity contribution < 1.29 is 14.2 Å². The molecule has 4 heteroatoms. The average molecular weight is 293 g/mol. The zero-order valence-electron chi connectivity index (χ0n) is 13.6. The summed E-state index contributed by atoms with van der Waals surface area (Å²) in [6, 6.07) is 3.74. The molecular formula is C17H27NO3. The molecular weight excluding hydrogens is 266 g/mol. The van der Waals surface area contributed by atoms with Crippen molar-refractivity contribution in [3.05, 3.63) is 29.8 Å². The molecule has 118 valence electrons. The highest BCUT2D eigenvalue weighted by Gasteiger charge is 2.17. The van der Waals surface area contributed by atoms with Crippen LogP contribution in [0.3, 0.4) is 0 Å². The number of rotatable bonds is 9. The summed E-state index contributed by atoms with van der Waals surface area (Å²) in [7, 11) is 0. The average Bonchev–Trinajstić information content (AvgIpc) is 2.41. The van der Waals surface area contributed by atoms with Crippen LogP contribution in [-0.4, -0.2) is 19.8 Å². The summed E-state index contributed by atoms with van der Waals surface area (Å²) in [5.41, 5.74) is 8.25. The molecule has 0 fully saturated rings. The zero-order valence-corrected chi connectivity index (χ0v) is 13.6. The first-order chi connectivity index (χ1) is 10.0. The van der Waals surface area contributed by atoms with Crippen molar-refractivity contribution in [3.63, 3.8) is 0 Å². The van der Waals surface area contributed by atoms with E-state index in [9.17, 15) is 0 Å². The van der Waals surface area contributed by atoms with Gasteiger partial charge in [-0.3, -0.25) is 0 Å². The first-order valence-electron chi connectivity index (χ1n) is 7.49.